The van der Waals surface area contributed by atoms with Crippen LogP contribution in [0.4, 0.5) is 4.79 Å². The van der Waals surface area contributed by atoms with Crippen LogP contribution < -0.4 is 10.6 Å². The van der Waals surface area contributed by atoms with E-state index in [0.29, 0.717) is 28.1 Å². The summed E-state index contributed by atoms with van der Waals surface area (Å²) < 4.78 is 10.1. The molecule has 2 fully saturated rings. The molecule has 2 saturated heterocycles. The molecule has 0 aromatic heterocycles. The highest BCUT2D eigenvalue weighted by Crippen LogP contribution is 2.40. The van der Waals surface area contributed by atoms with Gasteiger partial charge in [0.2, 0.25) is 12.7 Å². The zero-order chi connectivity index (χ0) is 33.1. The van der Waals surface area contributed by atoms with Gasteiger partial charge in [-0.1, -0.05) is 30.3 Å². The van der Waals surface area contributed by atoms with E-state index in [0.717, 1.165) is 4.90 Å². The third-order valence-electron chi connectivity index (χ3n) is 7.15. The fourth-order valence-electron chi connectivity index (χ4n) is 4.70. The number of piperazine rings is 1. The number of carbonyl (C=O) groups is 8. The Morgan fingerprint density at radius 1 is 1.04 bits per heavy atom. The fourth-order valence-corrected chi connectivity index (χ4v) is 5.99. The number of amides is 6. The minimum atomic E-state index is -1.36. The van der Waals surface area contributed by atoms with Crippen LogP contribution in [-0.4, -0.2) is 106 Å². The molecule has 6 amide bonds. The Bertz CT molecular complexity index is 1460. The number of urea groups is 1. The van der Waals surface area contributed by atoms with Gasteiger partial charge in [-0.25, -0.2) is 9.59 Å². The molecule has 4 rings (SSSR count). The molecule has 45 heavy (non-hydrogen) atoms. The molecule has 16 heteroatoms. The molecule has 3 aliphatic rings. The van der Waals surface area contributed by atoms with Gasteiger partial charge in [0.05, 0.1) is 12.0 Å². The van der Waals surface area contributed by atoms with Crippen LogP contribution in [0.5, 0.6) is 0 Å². The zero-order valence-electron chi connectivity index (χ0n) is 25.1. The lowest BCUT2D eigenvalue weighted by molar-refractivity contribution is -0.173. The summed E-state index contributed by atoms with van der Waals surface area (Å²) in [5.74, 6) is -4.62. The third-order valence-corrected chi connectivity index (χ3v) is 8.58. The number of carbonyl (C=O) groups excluding carboxylic acids is 8. The van der Waals surface area contributed by atoms with Crippen molar-refractivity contribution in [3.05, 3.63) is 47.2 Å². The summed E-state index contributed by atoms with van der Waals surface area (Å²) in [4.78, 5) is 103. The summed E-state index contributed by atoms with van der Waals surface area (Å²) in [5, 5.41) is 4.45. The molecule has 0 bridgehead atoms. The lowest BCUT2D eigenvalue weighted by Crippen LogP contribution is -2.71. The van der Waals surface area contributed by atoms with Crippen molar-refractivity contribution in [2.75, 3.05) is 32.2 Å². The van der Waals surface area contributed by atoms with Crippen LogP contribution in [-0.2, 0) is 43.0 Å². The lowest BCUT2D eigenvalue weighted by Gasteiger charge is -2.49. The lowest BCUT2D eigenvalue weighted by atomic mass is 9.98. The second-order valence-electron chi connectivity index (χ2n) is 11.4. The first-order valence-corrected chi connectivity index (χ1v) is 15.0. The number of ether oxygens (including phenoxy) is 2. The molecule has 3 atom stereocenters. The number of nitrogens with one attached hydrogen (secondary N) is 2. The average Bonchev–Trinajstić information content (AvgIpc) is 3.00. The van der Waals surface area contributed by atoms with Crippen LogP contribution in [0.15, 0.2) is 41.6 Å². The van der Waals surface area contributed by atoms with E-state index < -0.39 is 71.3 Å². The predicted molar refractivity (Wildman–Crippen MR) is 156 cm³/mol. The largest absolute Gasteiger partial charge is 0.427 e. The quantitative estimate of drug-likeness (QED) is 0.122. The van der Waals surface area contributed by atoms with Gasteiger partial charge < -0.3 is 29.8 Å². The molecule has 1 unspecified atom stereocenters. The van der Waals surface area contributed by atoms with Crippen molar-refractivity contribution >= 4 is 59.6 Å². The van der Waals surface area contributed by atoms with E-state index in [1.165, 1.54) is 16.7 Å². The van der Waals surface area contributed by atoms with E-state index >= 15 is 0 Å². The van der Waals surface area contributed by atoms with Crippen molar-refractivity contribution < 1.29 is 47.8 Å². The van der Waals surface area contributed by atoms with E-state index in [-0.39, 0.29) is 25.3 Å². The Hall–Kier alpha value is -4.73. The summed E-state index contributed by atoms with van der Waals surface area (Å²) in [5.41, 5.74) is 0.0871. The Morgan fingerprint density at radius 2 is 1.73 bits per heavy atom. The number of benzene rings is 1. The van der Waals surface area contributed by atoms with E-state index in [1.807, 2.05) is 0 Å². The van der Waals surface area contributed by atoms with Gasteiger partial charge in [0.1, 0.15) is 29.4 Å². The molecule has 0 spiro atoms. The zero-order valence-corrected chi connectivity index (χ0v) is 25.9. The predicted octanol–water partition coefficient (Wildman–Crippen LogP) is 0.0709. The molecule has 1 aromatic carbocycles. The SMILES string of the molecule is CC1=C(C(=O)OCOC(=O)C(C)(C)C)N2C(=O)C(NC(=O)[C@@H](NC(=O)N3CCN(CC=O)C(=O)C3=O)c3ccccc3)[C@H]2SC1. The number of thioether (sulfide) groups is 1. The van der Waals surface area contributed by atoms with Gasteiger partial charge in [-0.2, -0.15) is 0 Å². The molecule has 0 saturated carbocycles. The summed E-state index contributed by atoms with van der Waals surface area (Å²) in [6.45, 7) is 5.42. The highest BCUT2D eigenvalue weighted by atomic mass is 32.2. The number of esters is 2. The van der Waals surface area contributed by atoms with Crippen LogP contribution in [0.25, 0.3) is 0 Å². The average molecular weight is 644 g/mol. The van der Waals surface area contributed by atoms with Crippen molar-refractivity contribution in [2.24, 2.45) is 5.41 Å². The number of aldehydes is 1. The molecule has 0 aliphatic carbocycles. The first kappa shape index (κ1) is 33.2. The van der Waals surface area contributed by atoms with Crippen molar-refractivity contribution in [2.45, 2.75) is 45.2 Å². The minimum Gasteiger partial charge on any atom is -0.427 e. The molecule has 240 valence electrons. The molecule has 3 aliphatic heterocycles. The maximum absolute atomic E-state index is 13.6. The van der Waals surface area contributed by atoms with Crippen LogP contribution >= 0.6 is 11.8 Å². The summed E-state index contributed by atoms with van der Waals surface area (Å²) in [7, 11) is 0. The molecular weight excluding hydrogens is 610 g/mol. The molecule has 1 aromatic rings. The number of rotatable bonds is 9. The number of nitrogens with zero attached hydrogens (tertiary/aromatic N) is 3. The highest BCUT2D eigenvalue weighted by Gasteiger charge is 2.54. The Kier molecular flexibility index (Phi) is 9.95. The number of imide groups is 1. The van der Waals surface area contributed by atoms with Crippen molar-refractivity contribution in [3.63, 3.8) is 0 Å². The number of fused-ring (bicyclic) bond motifs is 1. The molecule has 15 nitrogen and oxygen atoms in total. The minimum absolute atomic E-state index is 0.00845. The number of β-lactam (4-membered cyclic amide) rings is 1. The molecule has 3 heterocycles. The van der Waals surface area contributed by atoms with E-state index in [4.69, 9.17) is 9.47 Å². The van der Waals surface area contributed by atoms with Gasteiger partial charge in [-0.15, -0.1) is 11.8 Å². The maximum Gasteiger partial charge on any atom is 0.357 e. The van der Waals surface area contributed by atoms with Gasteiger partial charge in [0.15, 0.2) is 0 Å². The first-order valence-electron chi connectivity index (χ1n) is 13.9. The van der Waals surface area contributed by atoms with Gasteiger partial charge in [-0.3, -0.25) is 33.8 Å². The smallest absolute Gasteiger partial charge is 0.357 e. The first-order chi connectivity index (χ1) is 21.3. The maximum atomic E-state index is 13.6. The standard InChI is InChI=1S/C29H33N5O10S/c1-16-14-45-25-19(22(37)34(25)20(16)26(40)43-15-44-27(41)29(2,3)4)30-21(36)18(17-8-6-5-7-9-17)31-28(42)33-11-10-32(12-13-35)23(38)24(33)39/h5-9,13,18-19,25H,10-12,14-15H2,1-4H3,(H,30,36)(H,31,42)/t18-,19?,25+/m0/s1. The van der Waals surface area contributed by atoms with Crippen LogP contribution in [0.2, 0.25) is 0 Å². The third kappa shape index (κ3) is 7.00. The van der Waals surface area contributed by atoms with E-state index in [9.17, 15) is 38.4 Å². The number of hydrogen-bond donors (Lipinski definition) is 2. The van der Waals surface area contributed by atoms with Crippen molar-refractivity contribution in [1.82, 2.24) is 25.3 Å². The Morgan fingerprint density at radius 3 is 2.38 bits per heavy atom. The topological polar surface area (TPSA) is 189 Å². The Labute approximate surface area is 262 Å². The van der Waals surface area contributed by atoms with Gasteiger partial charge in [0, 0.05) is 18.8 Å². The van der Waals surface area contributed by atoms with E-state index in [2.05, 4.69) is 10.6 Å². The van der Waals surface area contributed by atoms with Crippen LogP contribution in [0, 0.1) is 5.41 Å². The molecule has 0 radical (unpaired) electrons. The normalized spacial score (nSPS) is 20.5. The summed E-state index contributed by atoms with van der Waals surface area (Å²) >= 11 is 1.31. The molecular formula is C29H33N5O10S. The second-order valence-corrected chi connectivity index (χ2v) is 12.5. The van der Waals surface area contributed by atoms with Crippen molar-refractivity contribution in [1.29, 1.82) is 0 Å². The number of hydrogen-bond acceptors (Lipinski definition) is 11. The highest BCUT2D eigenvalue weighted by molar-refractivity contribution is 8.00. The summed E-state index contributed by atoms with van der Waals surface area (Å²) in [6, 6.07) is 4.66. The monoisotopic (exact) mass is 643 g/mol. The molecule has 2 N–H and O–H groups in total. The summed E-state index contributed by atoms with van der Waals surface area (Å²) in [6.07, 6.45) is 0.470. The second kappa shape index (κ2) is 13.5. The van der Waals surface area contributed by atoms with Crippen molar-refractivity contribution in [3.8, 4) is 0 Å². The Balaban J connectivity index is 1.44. The van der Waals surface area contributed by atoms with Gasteiger partial charge in [0.25, 0.3) is 5.91 Å². The van der Waals surface area contributed by atoms with E-state index in [1.54, 1.807) is 58.0 Å². The van der Waals surface area contributed by atoms with Gasteiger partial charge in [-0.05, 0) is 38.8 Å². The fraction of sp³-hybridized carbons (Fsp3) is 0.448. The van der Waals surface area contributed by atoms with Crippen LogP contribution in [0.1, 0.15) is 39.3 Å². The van der Waals surface area contributed by atoms with Gasteiger partial charge >= 0.3 is 29.8 Å². The van der Waals surface area contributed by atoms with Crippen LogP contribution in [0.3, 0.4) is 0 Å².